The Labute approximate surface area is 160 Å². The van der Waals surface area contributed by atoms with E-state index in [-0.39, 0.29) is 5.56 Å². The summed E-state index contributed by atoms with van der Waals surface area (Å²) < 4.78 is 7.13. The molecule has 7 heteroatoms. The number of aromatic amines is 1. The molecule has 0 spiro atoms. The molecule has 4 rings (SSSR count). The van der Waals surface area contributed by atoms with E-state index in [0.717, 1.165) is 27.9 Å². The molecule has 2 aromatic carbocycles. The lowest BCUT2D eigenvalue weighted by Crippen LogP contribution is -2.07. The van der Waals surface area contributed by atoms with Crippen LogP contribution in [0.15, 0.2) is 64.8 Å². The first-order valence-electron chi connectivity index (χ1n) is 8.44. The Morgan fingerprint density at radius 1 is 1.11 bits per heavy atom. The molecule has 0 fully saturated rings. The van der Waals surface area contributed by atoms with Gasteiger partial charge in [0.25, 0.3) is 5.56 Å². The lowest BCUT2D eigenvalue weighted by molar-refractivity contribution is 0.414. The summed E-state index contributed by atoms with van der Waals surface area (Å²) >= 11 is 1.57. The number of imidazole rings is 1. The first-order valence-corrected chi connectivity index (χ1v) is 9.43. The van der Waals surface area contributed by atoms with Crippen LogP contribution in [0.5, 0.6) is 5.75 Å². The van der Waals surface area contributed by atoms with Gasteiger partial charge in [-0.05, 0) is 36.8 Å². The summed E-state index contributed by atoms with van der Waals surface area (Å²) in [5, 5.41) is 0.730. The Bertz CT molecular complexity index is 1130. The van der Waals surface area contributed by atoms with Crippen LogP contribution in [0.4, 0.5) is 0 Å². The average molecular weight is 378 g/mol. The van der Waals surface area contributed by atoms with E-state index in [1.54, 1.807) is 18.9 Å². The molecular weight excluding hydrogens is 360 g/mol. The maximum atomic E-state index is 12.2. The van der Waals surface area contributed by atoms with Crippen molar-refractivity contribution >= 4 is 22.9 Å². The van der Waals surface area contributed by atoms with Crippen molar-refractivity contribution in [3.05, 3.63) is 76.3 Å². The summed E-state index contributed by atoms with van der Waals surface area (Å²) in [6, 6.07) is 16.0. The van der Waals surface area contributed by atoms with Gasteiger partial charge in [0.1, 0.15) is 5.75 Å². The summed E-state index contributed by atoms with van der Waals surface area (Å²) in [7, 11) is 1.65. The molecule has 2 heterocycles. The SMILES string of the molecule is COc1ccc(CSc2nc3c(=O)[nH]cnc3n2-c2ccc(C)cc2)cc1. The first-order chi connectivity index (χ1) is 13.2. The second-order valence-electron chi connectivity index (χ2n) is 6.11. The number of benzene rings is 2. The summed E-state index contributed by atoms with van der Waals surface area (Å²) in [6.07, 6.45) is 1.41. The average Bonchev–Trinajstić information content (AvgIpc) is 3.07. The maximum Gasteiger partial charge on any atom is 0.278 e. The number of hydrogen-bond donors (Lipinski definition) is 1. The molecule has 0 aliphatic heterocycles. The fraction of sp³-hybridized carbons (Fsp3) is 0.150. The van der Waals surface area contributed by atoms with Crippen molar-refractivity contribution in [2.24, 2.45) is 0 Å². The zero-order valence-corrected chi connectivity index (χ0v) is 15.8. The van der Waals surface area contributed by atoms with Crippen LogP contribution in [-0.2, 0) is 5.75 Å². The highest BCUT2D eigenvalue weighted by Gasteiger charge is 2.16. The Kier molecular flexibility index (Phi) is 4.68. The number of nitrogens with zero attached hydrogens (tertiary/aromatic N) is 3. The third kappa shape index (κ3) is 3.46. The normalized spacial score (nSPS) is 11.0. The molecule has 2 aromatic heterocycles. The van der Waals surface area contributed by atoms with E-state index in [0.29, 0.717) is 11.2 Å². The van der Waals surface area contributed by atoms with Crippen molar-refractivity contribution in [3.63, 3.8) is 0 Å². The topological polar surface area (TPSA) is 72.8 Å². The largest absolute Gasteiger partial charge is 0.497 e. The fourth-order valence-corrected chi connectivity index (χ4v) is 3.74. The van der Waals surface area contributed by atoms with Gasteiger partial charge in [-0.3, -0.25) is 9.36 Å². The van der Waals surface area contributed by atoms with Crippen LogP contribution in [0.3, 0.4) is 0 Å². The lowest BCUT2D eigenvalue weighted by atomic mass is 10.2. The summed E-state index contributed by atoms with van der Waals surface area (Å²) in [5.41, 5.74) is 3.90. The Hall–Kier alpha value is -3.06. The van der Waals surface area contributed by atoms with Crippen LogP contribution in [-0.4, -0.2) is 26.6 Å². The molecular formula is C20H18N4O2S. The highest BCUT2D eigenvalue weighted by atomic mass is 32.2. The zero-order valence-electron chi connectivity index (χ0n) is 15.0. The molecule has 4 aromatic rings. The molecule has 0 radical (unpaired) electrons. The lowest BCUT2D eigenvalue weighted by Gasteiger charge is -2.09. The number of aromatic nitrogens is 4. The molecule has 0 aliphatic carbocycles. The third-order valence-corrected chi connectivity index (χ3v) is 5.25. The first kappa shape index (κ1) is 17.4. The van der Waals surface area contributed by atoms with Gasteiger partial charge in [0.15, 0.2) is 16.3 Å². The number of ether oxygens (including phenoxy) is 1. The molecule has 0 bridgehead atoms. The van der Waals surface area contributed by atoms with Crippen molar-refractivity contribution < 1.29 is 4.74 Å². The number of thioether (sulfide) groups is 1. The van der Waals surface area contributed by atoms with Crippen LogP contribution >= 0.6 is 11.8 Å². The van der Waals surface area contributed by atoms with Crippen molar-refractivity contribution in [2.45, 2.75) is 17.8 Å². The van der Waals surface area contributed by atoms with Crippen molar-refractivity contribution in [3.8, 4) is 11.4 Å². The second kappa shape index (κ2) is 7.28. The van der Waals surface area contributed by atoms with Gasteiger partial charge in [-0.1, -0.05) is 41.6 Å². The van der Waals surface area contributed by atoms with E-state index in [2.05, 4.69) is 15.0 Å². The van der Waals surface area contributed by atoms with Crippen LogP contribution < -0.4 is 10.3 Å². The summed E-state index contributed by atoms with van der Waals surface area (Å²) in [4.78, 5) is 23.7. The van der Waals surface area contributed by atoms with Gasteiger partial charge in [-0.2, -0.15) is 0 Å². The van der Waals surface area contributed by atoms with E-state index < -0.39 is 0 Å². The smallest absolute Gasteiger partial charge is 0.278 e. The fourth-order valence-electron chi connectivity index (χ4n) is 2.78. The molecule has 1 N–H and O–H groups in total. The van der Waals surface area contributed by atoms with Crippen molar-refractivity contribution in [2.75, 3.05) is 7.11 Å². The second-order valence-corrected chi connectivity index (χ2v) is 7.05. The number of rotatable bonds is 5. The number of nitrogens with one attached hydrogen (secondary N) is 1. The Morgan fingerprint density at radius 2 is 1.85 bits per heavy atom. The van der Waals surface area contributed by atoms with E-state index in [9.17, 15) is 4.79 Å². The molecule has 0 unspecified atom stereocenters. The van der Waals surface area contributed by atoms with Gasteiger partial charge in [0.05, 0.1) is 13.4 Å². The van der Waals surface area contributed by atoms with Gasteiger partial charge in [0, 0.05) is 11.4 Å². The monoisotopic (exact) mass is 378 g/mol. The summed E-state index contributed by atoms with van der Waals surface area (Å²) in [5.74, 6) is 1.54. The predicted molar refractivity (Wildman–Crippen MR) is 107 cm³/mol. The van der Waals surface area contributed by atoms with E-state index in [1.165, 1.54) is 11.9 Å². The predicted octanol–water partition coefficient (Wildman–Crippen LogP) is 3.72. The van der Waals surface area contributed by atoms with Gasteiger partial charge in [-0.15, -0.1) is 0 Å². The van der Waals surface area contributed by atoms with Gasteiger partial charge < -0.3 is 9.72 Å². The molecule has 0 aliphatic rings. The highest BCUT2D eigenvalue weighted by molar-refractivity contribution is 7.98. The quantitative estimate of drug-likeness (QED) is 0.536. The van der Waals surface area contributed by atoms with Gasteiger partial charge in [0.2, 0.25) is 0 Å². The van der Waals surface area contributed by atoms with Crippen molar-refractivity contribution in [1.82, 2.24) is 19.5 Å². The molecule has 27 heavy (non-hydrogen) atoms. The minimum atomic E-state index is -0.239. The van der Waals surface area contributed by atoms with Gasteiger partial charge >= 0.3 is 0 Å². The van der Waals surface area contributed by atoms with Crippen LogP contribution in [0.25, 0.3) is 16.9 Å². The minimum Gasteiger partial charge on any atom is -0.497 e. The number of H-pyrrole nitrogens is 1. The number of aryl methyl sites for hydroxylation is 1. The van der Waals surface area contributed by atoms with Gasteiger partial charge in [-0.25, -0.2) is 9.97 Å². The maximum absolute atomic E-state index is 12.2. The molecule has 0 atom stereocenters. The molecule has 136 valence electrons. The standard InChI is InChI=1S/C20H18N4O2S/c1-13-3-7-15(8-4-13)24-18-17(19(25)22-12-21-18)23-20(24)27-11-14-5-9-16(26-2)10-6-14/h3-10,12H,11H2,1-2H3,(H,21,22,25). The number of hydrogen-bond acceptors (Lipinski definition) is 5. The highest BCUT2D eigenvalue weighted by Crippen LogP contribution is 2.28. The number of fused-ring (bicyclic) bond motifs is 1. The number of methoxy groups -OCH3 is 1. The summed E-state index contributed by atoms with van der Waals surface area (Å²) in [6.45, 7) is 2.04. The molecule has 0 amide bonds. The Morgan fingerprint density at radius 3 is 2.56 bits per heavy atom. The van der Waals surface area contributed by atoms with Crippen molar-refractivity contribution in [1.29, 1.82) is 0 Å². The van der Waals surface area contributed by atoms with Crippen LogP contribution in [0.2, 0.25) is 0 Å². The molecule has 0 saturated heterocycles. The minimum absolute atomic E-state index is 0.239. The third-order valence-electron chi connectivity index (χ3n) is 4.24. The van der Waals surface area contributed by atoms with Crippen LogP contribution in [0.1, 0.15) is 11.1 Å². The zero-order chi connectivity index (χ0) is 18.8. The Balaban J connectivity index is 1.74. The van der Waals surface area contributed by atoms with E-state index in [1.807, 2.05) is 60.0 Å². The molecule has 6 nitrogen and oxygen atoms in total. The van der Waals surface area contributed by atoms with E-state index >= 15 is 0 Å². The molecule has 0 saturated carbocycles. The van der Waals surface area contributed by atoms with Crippen LogP contribution in [0, 0.1) is 6.92 Å². The van der Waals surface area contributed by atoms with E-state index in [4.69, 9.17) is 4.74 Å².